The smallest absolute Gasteiger partial charge is 0.318 e. The molecule has 7 nitrogen and oxygen atoms in total. The van der Waals surface area contributed by atoms with Crippen molar-refractivity contribution in [3.8, 4) is 6.07 Å². The Morgan fingerprint density at radius 1 is 1.12 bits per heavy atom. The van der Waals surface area contributed by atoms with Gasteiger partial charge >= 0.3 is 11.8 Å². The minimum atomic E-state index is -0.871. The highest BCUT2D eigenvalue weighted by Gasteiger charge is 2.13. The largest absolute Gasteiger partial charge is 0.329 e. The summed E-state index contributed by atoms with van der Waals surface area (Å²) in [7, 11) is 0. The van der Waals surface area contributed by atoms with E-state index in [1.807, 2.05) is 6.07 Å². The number of hydrogen-bond donors (Lipinski definition) is 2. The molecule has 0 bridgehead atoms. The van der Waals surface area contributed by atoms with Crippen LogP contribution >= 0.6 is 0 Å². The van der Waals surface area contributed by atoms with Gasteiger partial charge in [-0.3, -0.25) is 14.6 Å². The Balaban J connectivity index is 1.92. The van der Waals surface area contributed by atoms with Gasteiger partial charge in [-0.25, -0.2) is 5.43 Å². The summed E-state index contributed by atoms with van der Waals surface area (Å²) >= 11 is 0. The van der Waals surface area contributed by atoms with Gasteiger partial charge in [-0.15, -0.1) is 0 Å². The molecule has 0 aliphatic carbocycles. The van der Waals surface area contributed by atoms with Crippen LogP contribution in [0.3, 0.4) is 0 Å². The Morgan fingerprint density at radius 3 is 2.42 bits per heavy atom. The third kappa shape index (κ3) is 4.74. The first kappa shape index (κ1) is 16.8. The van der Waals surface area contributed by atoms with E-state index in [1.54, 1.807) is 55.7 Å². The van der Waals surface area contributed by atoms with E-state index in [-0.39, 0.29) is 6.42 Å². The third-order valence-corrected chi connectivity index (χ3v) is 3.12. The molecule has 0 saturated heterocycles. The normalized spacial score (nSPS) is 10.6. The number of pyridine rings is 1. The van der Waals surface area contributed by atoms with Crippen LogP contribution in [-0.4, -0.2) is 22.5 Å². The van der Waals surface area contributed by atoms with E-state index in [9.17, 15) is 9.59 Å². The molecular weight excluding hydrogens is 306 g/mol. The van der Waals surface area contributed by atoms with E-state index < -0.39 is 11.8 Å². The van der Waals surface area contributed by atoms with Crippen LogP contribution in [-0.2, 0) is 16.0 Å². The van der Waals surface area contributed by atoms with E-state index in [1.165, 1.54) is 0 Å². The van der Waals surface area contributed by atoms with E-state index >= 15 is 0 Å². The topological polar surface area (TPSA) is 107 Å². The molecule has 0 aliphatic rings. The number of hydrazone groups is 1. The molecule has 2 rings (SSSR count). The van der Waals surface area contributed by atoms with Gasteiger partial charge in [0.05, 0.1) is 18.2 Å². The first-order valence-corrected chi connectivity index (χ1v) is 7.12. The molecule has 1 aromatic carbocycles. The summed E-state index contributed by atoms with van der Waals surface area (Å²) in [5, 5.41) is 15.0. The zero-order chi connectivity index (χ0) is 17.4. The Labute approximate surface area is 139 Å². The molecule has 1 heterocycles. The molecule has 0 unspecified atom stereocenters. The predicted octanol–water partition coefficient (Wildman–Crippen LogP) is 1.63. The second-order valence-corrected chi connectivity index (χ2v) is 4.86. The number of nitrogens with zero attached hydrogens (tertiary/aromatic N) is 3. The zero-order valence-corrected chi connectivity index (χ0v) is 13.0. The van der Waals surface area contributed by atoms with Crippen molar-refractivity contribution >= 4 is 23.2 Å². The summed E-state index contributed by atoms with van der Waals surface area (Å²) in [5.74, 6) is -1.70. The molecule has 7 heteroatoms. The van der Waals surface area contributed by atoms with Gasteiger partial charge in [-0.05, 0) is 36.8 Å². The van der Waals surface area contributed by atoms with Gasteiger partial charge in [0.1, 0.15) is 0 Å². The van der Waals surface area contributed by atoms with Crippen LogP contribution in [0.1, 0.15) is 18.1 Å². The van der Waals surface area contributed by atoms with Gasteiger partial charge in [-0.1, -0.05) is 12.1 Å². The lowest BCUT2D eigenvalue weighted by molar-refractivity contribution is -0.136. The van der Waals surface area contributed by atoms with Crippen LogP contribution in [0, 0.1) is 11.3 Å². The van der Waals surface area contributed by atoms with Crippen LogP contribution in [0.25, 0.3) is 0 Å². The highest BCUT2D eigenvalue weighted by Crippen LogP contribution is 2.09. The lowest BCUT2D eigenvalue weighted by Crippen LogP contribution is -2.32. The monoisotopic (exact) mass is 321 g/mol. The number of carbonyl (C=O) groups excluding carboxylic acids is 2. The van der Waals surface area contributed by atoms with Crippen molar-refractivity contribution in [3.63, 3.8) is 0 Å². The number of aromatic nitrogens is 1. The average Bonchev–Trinajstić information content (AvgIpc) is 2.62. The van der Waals surface area contributed by atoms with Gasteiger partial charge < -0.3 is 5.32 Å². The molecule has 120 valence electrons. The van der Waals surface area contributed by atoms with E-state index in [0.29, 0.717) is 11.4 Å². The molecule has 0 spiro atoms. The minimum Gasteiger partial charge on any atom is -0.318 e. The number of carbonyl (C=O) groups is 2. The fourth-order valence-corrected chi connectivity index (χ4v) is 1.83. The molecule has 2 aromatic rings. The summed E-state index contributed by atoms with van der Waals surface area (Å²) in [4.78, 5) is 27.5. The van der Waals surface area contributed by atoms with Crippen molar-refractivity contribution in [2.75, 3.05) is 5.32 Å². The maximum absolute atomic E-state index is 11.8. The van der Waals surface area contributed by atoms with Gasteiger partial charge in [-0.2, -0.15) is 10.4 Å². The van der Waals surface area contributed by atoms with Crippen LogP contribution in [0.5, 0.6) is 0 Å². The van der Waals surface area contributed by atoms with Crippen molar-refractivity contribution in [1.29, 1.82) is 5.26 Å². The fraction of sp³-hybridized carbons (Fsp3) is 0.118. The number of nitriles is 1. The van der Waals surface area contributed by atoms with E-state index in [4.69, 9.17) is 5.26 Å². The molecule has 0 radical (unpaired) electrons. The fourth-order valence-electron chi connectivity index (χ4n) is 1.83. The van der Waals surface area contributed by atoms with Crippen LogP contribution in [0.15, 0.2) is 53.9 Å². The lowest BCUT2D eigenvalue weighted by atomic mass is 10.1. The quantitative estimate of drug-likeness (QED) is 0.507. The number of benzene rings is 1. The van der Waals surface area contributed by atoms with E-state index in [2.05, 4.69) is 20.8 Å². The summed E-state index contributed by atoms with van der Waals surface area (Å²) in [6, 6.07) is 12.2. The van der Waals surface area contributed by atoms with Gasteiger partial charge in [0.25, 0.3) is 0 Å². The zero-order valence-electron chi connectivity index (χ0n) is 13.0. The van der Waals surface area contributed by atoms with Crippen molar-refractivity contribution in [1.82, 2.24) is 10.4 Å². The van der Waals surface area contributed by atoms with Gasteiger partial charge in [0.2, 0.25) is 0 Å². The average molecular weight is 321 g/mol. The van der Waals surface area contributed by atoms with Crippen LogP contribution in [0.4, 0.5) is 5.69 Å². The molecular formula is C17H15N5O2. The standard InChI is InChI=1S/C17H15N5O2/c1-12(14-7-10-19-11-8-14)21-22-17(24)16(23)20-15-4-2-13(3-5-15)6-9-18/h2-5,7-8,10-11H,6H2,1H3,(H,20,23)(H,22,24)/b21-12-. The second-order valence-electron chi connectivity index (χ2n) is 4.86. The lowest BCUT2D eigenvalue weighted by Gasteiger charge is -2.05. The number of amides is 2. The Morgan fingerprint density at radius 2 is 1.79 bits per heavy atom. The molecule has 2 amide bonds. The molecule has 1 aromatic heterocycles. The Kier molecular flexibility index (Phi) is 5.75. The predicted molar refractivity (Wildman–Crippen MR) is 89.0 cm³/mol. The Hall–Kier alpha value is -3.53. The maximum Gasteiger partial charge on any atom is 0.329 e. The SMILES string of the molecule is C/C(=N/NC(=O)C(=O)Nc1ccc(CC#N)cc1)c1ccncc1. The third-order valence-electron chi connectivity index (χ3n) is 3.12. The molecule has 24 heavy (non-hydrogen) atoms. The van der Waals surface area contributed by atoms with Crippen LogP contribution < -0.4 is 10.7 Å². The van der Waals surface area contributed by atoms with Gasteiger partial charge in [0.15, 0.2) is 0 Å². The Bertz CT molecular complexity index is 792. The first-order chi connectivity index (χ1) is 11.6. The van der Waals surface area contributed by atoms with Crippen molar-refractivity contribution < 1.29 is 9.59 Å². The van der Waals surface area contributed by atoms with Crippen LogP contribution in [0.2, 0.25) is 0 Å². The first-order valence-electron chi connectivity index (χ1n) is 7.12. The molecule has 2 N–H and O–H groups in total. The summed E-state index contributed by atoms with van der Waals surface area (Å²) < 4.78 is 0. The number of rotatable bonds is 4. The van der Waals surface area contributed by atoms with Crippen molar-refractivity contribution in [2.45, 2.75) is 13.3 Å². The minimum absolute atomic E-state index is 0.289. The molecule has 0 aliphatic heterocycles. The number of anilines is 1. The molecule has 0 saturated carbocycles. The molecule has 0 atom stereocenters. The van der Waals surface area contributed by atoms with E-state index in [0.717, 1.165) is 11.1 Å². The highest BCUT2D eigenvalue weighted by molar-refractivity contribution is 6.39. The summed E-state index contributed by atoms with van der Waals surface area (Å²) in [5.41, 5.74) is 4.85. The number of hydrogen-bond acceptors (Lipinski definition) is 5. The summed E-state index contributed by atoms with van der Waals surface area (Å²) in [6.45, 7) is 1.71. The summed E-state index contributed by atoms with van der Waals surface area (Å²) in [6.07, 6.45) is 3.51. The maximum atomic E-state index is 11.8. The van der Waals surface area contributed by atoms with Crippen molar-refractivity contribution in [2.24, 2.45) is 5.10 Å². The molecule has 0 fully saturated rings. The van der Waals surface area contributed by atoms with Crippen molar-refractivity contribution in [3.05, 3.63) is 59.9 Å². The highest BCUT2D eigenvalue weighted by atomic mass is 16.2. The van der Waals surface area contributed by atoms with Gasteiger partial charge in [0, 0.05) is 23.6 Å². The second kappa shape index (κ2) is 8.19. The number of nitrogens with one attached hydrogen (secondary N) is 2.